The highest BCUT2D eigenvalue weighted by atomic mass is 35.5. The summed E-state index contributed by atoms with van der Waals surface area (Å²) in [7, 11) is 3.03. The molecular formula is C28H24ClFN4O5S. The van der Waals surface area contributed by atoms with Gasteiger partial charge in [-0.2, -0.15) is 0 Å². The van der Waals surface area contributed by atoms with Gasteiger partial charge in [-0.1, -0.05) is 11.6 Å². The number of hydrogen-bond acceptors (Lipinski definition) is 8. The predicted molar refractivity (Wildman–Crippen MR) is 153 cm³/mol. The zero-order valence-electron chi connectivity index (χ0n) is 21.9. The van der Waals surface area contributed by atoms with Crippen LogP contribution in [0, 0.1) is 5.82 Å². The number of ether oxygens (including phenoxy) is 3. The summed E-state index contributed by atoms with van der Waals surface area (Å²) >= 11 is 7.73. The smallest absolute Gasteiger partial charge is 0.412 e. The molecule has 0 aliphatic carbocycles. The minimum Gasteiger partial charge on any atom is -0.495 e. The lowest BCUT2D eigenvalue weighted by atomic mass is 10.1. The number of fused-ring (bicyclic) bond motifs is 2. The van der Waals surface area contributed by atoms with Crippen molar-refractivity contribution in [1.29, 1.82) is 0 Å². The number of methoxy groups -OCH3 is 2. The number of carbonyl (C=O) groups is 1. The second-order valence-corrected chi connectivity index (χ2v) is 10.4. The largest absolute Gasteiger partial charge is 0.495 e. The van der Waals surface area contributed by atoms with E-state index in [-0.39, 0.29) is 5.75 Å². The fourth-order valence-corrected chi connectivity index (χ4v) is 5.50. The van der Waals surface area contributed by atoms with E-state index in [1.807, 2.05) is 6.07 Å². The van der Waals surface area contributed by atoms with Gasteiger partial charge in [0.15, 0.2) is 11.6 Å². The minimum absolute atomic E-state index is 0.0185. The molecule has 5 rings (SSSR count). The molecule has 3 heterocycles. The maximum absolute atomic E-state index is 15.2. The lowest BCUT2D eigenvalue weighted by Crippen LogP contribution is -2.46. The van der Waals surface area contributed by atoms with Gasteiger partial charge in [-0.15, -0.1) is 11.3 Å². The van der Waals surface area contributed by atoms with Crippen molar-refractivity contribution < 1.29 is 28.5 Å². The van der Waals surface area contributed by atoms with E-state index in [0.29, 0.717) is 48.5 Å². The average molecular weight is 583 g/mol. The van der Waals surface area contributed by atoms with Gasteiger partial charge in [0.2, 0.25) is 0 Å². The first kappa shape index (κ1) is 27.4. The summed E-state index contributed by atoms with van der Waals surface area (Å²) in [5, 5.41) is 11.8. The third-order valence-corrected chi connectivity index (χ3v) is 7.72. The summed E-state index contributed by atoms with van der Waals surface area (Å²) in [5.41, 5.74) is 2.14. The van der Waals surface area contributed by atoms with Crippen LogP contribution in [0.1, 0.15) is 13.8 Å². The molecule has 0 bridgehead atoms. The highest BCUT2D eigenvalue weighted by molar-refractivity contribution is 7.21. The predicted octanol–water partition coefficient (Wildman–Crippen LogP) is 7.06. The second-order valence-electron chi connectivity index (χ2n) is 8.97. The molecule has 0 saturated heterocycles. The molecule has 9 nitrogen and oxygen atoms in total. The van der Waals surface area contributed by atoms with Crippen molar-refractivity contribution >= 4 is 55.8 Å². The van der Waals surface area contributed by atoms with E-state index in [9.17, 15) is 9.90 Å². The quantitative estimate of drug-likeness (QED) is 0.207. The fraction of sp³-hybridized carbons (Fsp3) is 0.214. The normalized spacial score (nSPS) is 12.8. The van der Waals surface area contributed by atoms with E-state index < -0.39 is 24.1 Å². The summed E-state index contributed by atoms with van der Waals surface area (Å²) in [5.74, 6) is 0.368. The molecule has 0 aliphatic heterocycles. The Hall–Kier alpha value is -4.22. The van der Waals surface area contributed by atoms with Crippen LogP contribution in [0.3, 0.4) is 0 Å². The first-order chi connectivity index (χ1) is 19.2. The lowest BCUT2D eigenvalue weighted by Gasteiger charge is -2.31. The summed E-state index contributed by atoms with van der Waals surface area (Å²) in [4.78, 5) is 26.4. The third kappa shape index (κ3) is 5.30. The monoisotopic (exact) mass is 582 g/mol. The van der Waals surface area contributed by atoms with Crippen LogP contribution in [0.4, 0.5) is 14.9 Å². The molecule has 0 radical (unpaired) electrons. The van der Waals surface area contributed by atoms with Crippen LogP contribution in [0.25, 0.3) is 31.7 Å². The molecular weight excluding hydrogens is 559 g/mol. The number of amides is 1. The molecule has 3 aromatic heterocycles. The van der Waals surface area contributed by atoms with Crippen LogP contribution in [0.15, 0.2) is 55.0 Å². The molecule has 0 fully saturated rings. The van der Waals surface area contributed by atoms with Gasteiger partial charge in [0.1, 0.15) is 22.6 Å². The molecule has 1 amide bonds. The highest BCUT2D eigenvalue weighted by Crippen LogP contribution is 2.38. The first-order valence-electron chi connectivity index (χ1n) is 12.1. The number of rotatable bonds is 8. The van der Waals surface area contributed by atoms with Crippen molar-refractivity contribution in [3.63, 3.8) is 0 Å². The molecule has 0 aliphatic rings. The number of hydrogen-bond donors (Lipinski definition) is 1. The molecule has 0 unspecified atom stereocenters. The van der Waals surface area contributed by atoms with Gasteiger partial charge in [-0.3, -0.25) is 14.9 Å². The van der Waals surface area contributed by atoms with Crippen molar-refractivity contribution in [3.8, 4) is 27.8 Å². The van der Waals surface area contributed by atoms with Crippen LogP contribution in [-0.2, 0) is 0 Å². The topological polar surface area (TPSA) is 107 Å². The average Bonchev–Trinajstić information content (AvgIpc) is 3.34. The summed E-state index contributed by atoms with van der Waals surface area (Å²) < 4.78 is 32.2. The van der Waals surface area contributed by atoms with Crippen molar-refractivity contribution in [2.45, 2.75) is 26.0 Å². The number of halogens is 2. The maximum atomic E-state index is 15.2. The van der Waals surface area contributed by atoms with Crippen molar-refractivity contribution in [3.05, 3.63) is 65.8 Å². The van der Waals surface area contributed by atoms with Crippen LogP contribution in [-0.4, -0.2) is 52.5 Å². The minimum atomic E-state index is -1.21. The van der Waals surface area contributed by atoms with Crippen LogP contribution in [0.2, 0.25) is 5.02 Å². The van der Waals surface area contributed by atoms with E-state index in [2.05, 4.69) is 15.0 Å². The molecule has 0 saturated carbocycles. The van der Waals surface area contributed by atoms with Crippen molar-refractivity contribution in [2.75, 3.05) is 19.1 Å². The zero-order valence-corrected chi connectivity index (χ0v) is 23.5. The molecule has 40 heavy (non-hydrogen) atoms. The van der Waals surface area contributed by atoms with E-state index in [1.54, 1.807) is 51.4 Å². The Kier molecular flexibility index (Phi) is 7.59. The Morgan fingerprint density at radius 3 is 2.52 bits per heavy atom. The van der Waals surface area contributed by atoms with Crippen molar-refractivity contribution in [1.82, 2.24) is 15.0 Å². The molecule has 1 N–H and O–H groups in total. The Morgan fingerprint density at radius 2 is 1.80 bits per heavy atom. The van der Waals surface area contributed by atoms with Crippen molar-refractivity contribution in [2.24, 2.45) is 0 Å². The van der Waals surface area contributed by atoms with Gasteiger partial charge in [0, 0.05) is 34.2 Å². The van der Waals surface area contributed by atoms with E-state index in [0.717, 1.165) is 10.3 Å². The lowest BCUT2D eigenvalue weighted by molar-refractivity contribution is 0.167. The van der Waals surface area contributed by atoms with Gasteiger partial charge in [0.25, 0.3) is 0 Å². The number of anilines is 1. The second kappa shape index (κ2) is 11.1. The molecule has 206 valence electrons. The maximum Gasteiger partial charge on any atom is 0.412 e. The zero-order chi connectivity index (χ0) is 28.6. The molecule has 5 aromatic rings. The number of nitrogens with zero attached hydrogens (tertiary/aromatic N) is 4. The number of carboxylic acid groups (broad SMARTS) is 1. The number of aromatic nitrogens is 3. The van der Waals surface area contributed by atoms with Gasteiger partial charge in [0.05, 0.1) is 60.3 Å². The Labute approximate surface area is 237 Å². The Morgan fingerprint density at radius 1 is 1.05 bits per heavy atom. The van der Waals surface area contributed by atoms with E-state index in [4.69, 9.17) is 25.8 Å². The number of thiazole rings is 1. The first-order valence-corrected chi connectivity index (χ1v) is 13.3. The molecule has 0 spiro atoms. The SMILES string of the molecule is COc1cncc(N(C(=O)O)[C@H](C)[C@H](C)Oc2cc3sc(-c4cc(Cl)cc5cc(OC)cnc45)nc3cc2F)c1. The van der Waals surface area contributed by atoms with Crippen LogP contribution in [0.5, 0.6) is 17.2 Å². The fourth-order valence-electron chi connectivity index (χ4n) is 4.28. The van der Waals surface area contributed by atoms with E-state index in [1.165, 1.54) is 36.9 Å². The van der Waals surface area contributed by atoms with E-state index >= 15 is 4.39 Å². The van der Waals surface area contributed by atoms with Crippen LogP contribution >= 0.6 is 22.9 Å². The Bertz CT molecular complexity index is 1730. The van der Waals surface area contributed by atoms with Gasteiger partial charge >= 0.3 is 6.09 Å². The molecule has 2 aromatic carbocycles. The summed E-state index contributed by atoms with van der Waals surface area (Å²) in [6.45, 7) is 3.35. The van der Waals surface area contributed by atoms with Gasteiger partial charge in [-0.25, -0.2) is 14.2 Å². The number of benzene rings is 2. The molecule has 12 heteroatoms. The molecule has 2 atom stereocenters. The standard InChI is InChI=1S/C28H24ClFN4O5S/c1-14(34(28(35)36)18-8-20(38-4)12-31-11-18)15(2)39-24-10-25-23(9-22(24)30)33-27(40-25)21-7-17(29)5-16-6-19(37-3)13-32-26(16)21/h5-15H,1-4H3,(H,35,36)/t14-,15+/m1/s1. The van der Waals surface area contributed by atoms with Gasteiger partial charge < -0.3 is 19.3 Å². The third-order valence-electron chi connectivity index (χ3n) is 6.45. The summed E-state index contributed by atoms with van der Waals surface area (Å²) in [6, 6.07) is 9.12. The summed E-state index contributed by atoms with van der Waals surface area (Å²) in [6.07, 6.45) is 2.57. The van der Waals surface area contributed by atoms with Crippen LogP contribution < -0.4 is 19.1 Å². The van der Waals surface area contributed by atoms with Gasteiger partial charge in [-0.05, 0) is 32.0 Å². The highest BCUT2D eigenvalue weighted by Gasteiger charge is 2.29. The Balaban J connectivity index is 1.46. The number of pyridine rings is 2.